The smallest absolute Gasteiger partial charge is 0.230 e. The normalized spacial score (nSPS) is 25.8. The van der Waals surface area contributed by atoms with Crippen molar-refractivity contribution >= 4 is 17.6 Å². The number of methoxy groups -OCH3 is 1. The van der Waals surface area contributed by atoms with Crippen molar-refractivity contribution in [1.82, 2.24) is 25.1 Å². The summed E-state index contributed by atoms with van der Waals surface area (Å²) in [7, 11) is 3.66. The Hall–Kier alpha value is -2.90. The minimum absolute atomic E-state index is 0.0921. The molecule has 4 heterocycles. The van der Waals surface area contributed by atoms with Crippen LogP contribution in [0.2, 0.25) is 0 Å². The molecule has 1 unspecified atom stereocenters. The number of H-pyrrole nitrogens is 1. The van der Waals surface area contributed by atoms with Crippen LogP contribution in [0.1, 0.15) is 50.6 Å². The maximum absolute atomic E-state index is 9.60. The topological polar surface area (TPSA) is 126 Å². The van der Waals surface area contributed by atoms with Crippen LogP contribution in [0.15, 0.2) is 12.1 Å². The molecule has 3 aliphatic rings. The van der Waals surface area contributed by atoms with Gasteiger partial charge in [-0.2, -0.15) is 20.3 Å². The number of fused-ring (bicyclic) bond motifs is 2. The third kappa shape index (κ3) is 4.48. The van der Waals surface area contributed by atoms with Crippen molar-refractivity contribution in [2.45, 2.75) is 69.7 Å². The molecule has 2 aromatic heterocycles. The van der Waals surface area contributed by atoms with Gasteiger partial charge in [0, 0.05) is 43.9 Å². The number of piperidine rings is 2. The predicted molar refractivity (Wildman–Crippen MR) is 123 cm³/mol. The number of nitrogens with zero attached hydrogens (tertiary/aromatic N) is 6. The van der Waals surface area contributed by atoms with Crippen LogP contribution in [-0.2, 0) is 6.61 Å². The van der Waals surface area contributed by atoms with Gasteiger partial charge in [-0.05, 0) is 38.5 Å². The second-order valence-electron chi connectivity index (χ2n) is 9.70. The lowest BCUT2D eigenvalue weighted by atomic mass is 9.80. The van der Waals surface area contributed by atoms with E-state index in [1.807, 2.05) is 0 Å². The molecule has 1 aliphatic carbocycles. The number of nitrogens with one attached hydrogen (secondary N) is 2. The summed E-state index contributed by atoms with van der Waals surface area (Å²) in [6.45, 7) is 0.824. The van der Waals surface area contributed by atoms with E-state index >= 15 is 0 Å². The van der Waals surface area contributed by atoms with E-state index < -0.39 is 0 Å². The number of anilines is 3. The first-order valence-corrected chi connectivity index (χ1v) is 11.8. The molecule has 10 nitrogen and oxygen atoms in total. The quantitative estimate of drug-likeness (QED) is 0.554. The van der Waals surface area contributed by atoms with Gasteiger partial charge in [-0.3, -0.25) is 10.00 Å². The number of rotatable bonds is 8. The number of aliphatic hydroxyl groups is 1. The Morgan fingerprint density at radius 2 is 2.03 bits per heavy atom. The third-order valence-electron chi connectivity index (χ3n) is 7.50. The van der Waals surface area contributed by atoms with E-state index in [9.17, 15) is 10.4 Å². The number of aromatic nitrogens is 4. The molecule has 33 heavy (non-hydrogen) atoms. The highest BCUT2D eigenvalue weighted by Gasteiger charge is 2.49. The molecule has 3 atom stereocenters. The van der Waals surface area contributed by atoms with E-state index in [0.29, 0.717) is 47.3 Å². The van der Waals surface area contributed by atoms with Gasteiger partial charge >= 0.3 is 0 Å². The average Bonchev–Trinajstić information content (AvgIpc) is 3.46. The minimum atomic E-state index is -0.105. The number of aliphatic hydroxyl groups excluding tert-OH is 1. The summed E-state index contributed by atoms with van der Waals surface area (Å²) in [5, 5.41) is 28.9. The molecule has 10 heteroatoms. The van der Waals surface area contributed by atoms with Crippen LogP contribution >= 0.6 is 0 Å². The second-order valence-corrected chi connectivity index (χ2v) is 9.70. The van der Waals surface area contributed by atoms with Gasteiger partial charge in [-0.25, -0.2) is 0 Å². The molecule has 2 aliphatic heterocycles. The van der Waals surface area contributed by atoms with Gasteiger partial charge in [-0.1, -0.05) is 6.42 Å². The van der Waals surface area contributed by atoms with E-state index in [1.165, 1.54) is 19.3 Å². The number of hydrogen-bond acceptors (Lipinski definition) is 9. The summed E-state index contributed by atoms with van der Waals surface area (Å²) < 4.78 is 5.44. The summed E-state index contributed by atoms with van der Waals surface area (Å²) >= 11 is 0. The Bertz CT molecular complexity index is 1020. The first-order chi connectivity index (χ1) is 16.0. The van der Waals surface area contributed by atoms with Crippen molar-refractivity contribution in [2.75, 3.05) is 30.9 Å². The molecule has 2 saturated heterocycles. The number of ether oxygens (including phenoxy) is 1. The molecule has 2 bridgehead atoms. The first kappa shape index (κ1) is 21.9. The van der Waals surface area contributed by atoms with E-state index in [1.54, 1.807) is 19.2 Å². The van der Waals surface area contributed by atoms with Gasteiger partial charge in [0.1, 0.15) is 5.82 Å². The second kappa shape index (κ2) is 8.80. The SMILES string of the molecule is COc1cc(Nc2cc(CO)[nH]n2)nc(N(C)C2C[C@H]3CCC[C@@H](C2)N3CC2(C#N)CC2)n1. The van der Waals surface area contributed by atoms with Crippen LogP contribution in [0.4, 0.5) is 17.6 Å². The van der Waals surface area contributed by atoms with Gasteiger partial charge in [-0.15, -0.1) is 0 Å². The summed E-state index contributed by atoms with van der Waals surface area (Å²) in [5.74, 6) is 2.25. The molecular formula is C23H32N8O2. The summed E-state index contributed by atoms with van der Waals surface area (Å²) in [6, 6.07) is 7.41. The van der Waals surface area contributed by atoms with E-state index in [2.05, 4.69) is 43.4 Å². The number of nitriles is 1. The Balaban J connectivity index is 1.32. The van der Waals surface area contributed by atoms with Gasteiger partial charge in [0.15, 0.2) is 5.82 Å². The summed E-state index contributed by atoms with van der Waals surface area (Å²) in [6.07, 6.45) is 7.86. The highest BCUT2D eigenvalue weighted by atomic mass is 16.5. The van der Waals surface area contributed by atoms with Crippen molar-refractivity contribution in [3.05, 3.63) is 17.8 Å². The van der Waals surface area contributed by atoms with Gasteiger partial charge in [0.2, 0.25) is 11.8 Å². The van der Waals surface area contributed by atoms with E-state index in [0.717, 1.165) is 32.2 Å². The maximum Gasteiger partial charge on any atom is 0.230 e. The van der Waals surface area contributed by atoms with Crippen LogP contribution in [0.3, 0.4) is 0 Å². The van der Waals surface area contributed by atoms with Crippen LogP contribution in [0, 0.1) is 16.7 Å². The zero-order chi connectivity index (χ0) is 23.0. The fraction of sp³-hybridized carbons (Fsp3) is 0.652. The van der Waals surface area contributed by atoms with E-state index in [-0.39, 0.29) is 12.0 Å². The molecule has 5 rings (SSSR count). The molecule has 0 amide bonds. The minimum Gasteiger partial charge on any atom is -0.481 e. The van der Waals surface area contributed by atoms with E-state index in [4.69, 9.17) is 9.72 Å². The average molecular weight is 453 g/mol. The Labute approximate surface area is 194 Å². The van der Waals surface area contributed by atoms with Crippen LogP contribution in [-0.4, -0.2) is 69.0 Å². The first-order valence-electron chi connectivity index (χ1n) is 11.8. The highest BCUT2D eigenvalue weighted by Crippen LogP contribution is 2.48. The zero-order valence-corrected chi connectivity index (χ0v) is 19.3. The molecule has 3 N–H and O–H groups in total. The highest BCUT2D eigenvalue weighted by molar-refractivity contribution is 5.55. The Kier molecular flexibility index (Phi) is 5.85. The summed E-state index contributed by atoms with van der Waals surface area (Å²) in [5.41, 5.74) is 0.532. The molecule has 0 aromatic carbocycles. The zero-order valence-electron chi connectivity index (χ0n) is 19.3. The van der Waals surface area contributed by atoms with Gasteiger partial charge < -0.3 is 20.1 Å². The standard InChI is InChI=1S/C23H32N8O2/c1-30(18-9-16-4-3-5-17(10-18)31(16)14-23(13-24)6-7-23)22-26-19(11-21(27-22)33-2)25-20-8-15(12-32)28-29-20/h8,11,16-18,32H,3-7,9-10,12,14H2,1-2H3,(H2,25,26,27,28,29)/t16-,17+,18?. The molecule has 3 fully saturated rings. The monoisotopic (exact) mass is 452 g/mol. The lowest BCUT2D eigenvalue weighted by molar-refractivity contribution is 0.0202. The van der Waals surface area contributed by atoms with Crippen molar-refractivity contribution in [3.63, 3.8) is 0 Å². The molecule has 2 aromatic rings. The fourth-order valence-corrected chi connectivity index (χ4v) is 5.37. The summed E-state index contributed by atoms with van der Waals surface area (Å²) in [4.78, 5) is 14.2. The van der Waals surface area contributed by atoms with Gasteiger partial charge in [0.25, 0.3) is 0 Å². The largest absolute Gasteiger partial charge is 0.481 e. The molecule has 0 radical (unpaired) electrons. The van der Waals surface area contributed by atoms with Crippen LogP contribution < -0.4 is 15.0 Å². The maximum atomic E-state index is 9.60. The fourth-order valence-electron chi connectivity index (χ4n) is 5.37. The van der Waals surface area contributed by atoms with Crippen molar-refractivity contribution < 1.29 is 9.84 Å². The number of aromatic amines is 1. The third-order valence-corrected chi connectivity index (χ3v) is 7.50. The molecule has 176 valence electrons. The van der Waals surface area contributed by atoms with Crippen molar-refractivity contribution in [3.8, 4) is 11.9 Å². The molecule has 1 saturated carbocycles. The predicted octanol–water partition coefficient (Wildman–Crippen LogP) is 2.57. The van der Waals surface area contributed by atoms with Crippen LogP contribution in [0.5, 0.6) is 5.88 Å². The molecule has 0 spiro atoms. The lowest BCUT2D eigenvalue weighted by Gasteiger charge is -2.51. The lowest BCUT2D eigenvalue weighted by Crippen LogP contribution is -2.57. The Morgan fingerprint density at radius 1 is 1.27 bits per heavy atom. The van der Waals surface area contributed by atoms with Gasteiger partial charge in [0.05, 0.1) is 30.9 Å². The van der Waals surface area contributed by atoms with Crippen molar-refractivity contribution in [2.24, 2.45) is 5.41 Å². The van der Waals surface area contributed by atoms with Crippen LogP contribution in [0.25, 0.3) is 0 Å². The number of hydrogen-bond donors (Lipinski definition) is 3. The molecular weight excluding hydrogens is 420 g/mol. The Morgan fingerprint density at radius 3 is 2.64 bits per heavy atom. The van der Waals surface area contributed by atoms with Crippen molar-refractivity contribution in [1.29, 1.82) is 5.26 Å².